The monoisotopic (exact) mass is 930 g/mol. The van der Waals surface area contributed by atoms with E-state index in [4.69, 9.17) is 24.3 Å². The van der Waals surface area contributed by atoms with Crippen molar-refractivity contribution in [1.82, 2.24) is 0 Å². The quantitative estimate of drug-likeness (QED) is 0.0739. The molecule has 7 saturated carbocycles. The van der Waals surface area contributed by atoms with Gasteiger partial charge in [-0.2, -0.15) is 8.42 Å². The predicted octanol–water partition coefficient (Wildman–Crippen LogP) is 11.4. The van der Waals surface area contributed by atoms with Crippen LogP contribution in [-0.2, 0) is 24.1 Å². The van der Waals surface area contributed by atoms with Crippen LogP contribution in [0.25, 0.3) is 0 Å². The van der Waals surface area contributed by atoms with Crippen molar-refractivity contribution in [1.29, 1.82) is 0 Å². The summed E-state index contributed by atoms with van der Waals surface area (Å²) in [5.74, 6) is 3.94. The van der Waals surface area contributed by atoms with Crippen molar-refractivity contribution in [2.24, 2.45) is 75.2 Å². The molecule has 0 aromatic carbocycles. The van der Waals surface area contributed by atoms with Crippen molar-refractivity contribution < 1.29 is 42.0 Å². The Morgan fingerprint density at radius 2 is 1.62 bits per heavy atom. The van der Waals surface area contributed by atoms with Gasteiger partial charge in [0.05, 0.1) is 23.9 Å². The van der Waals surface area contributed by atoms with Gasteiger partial charge in [-0.1, -0.05) is 77.3 Å². The zero-order valence-corrected chi connectivity index (χ0v) is 42.4. The molecular formula is C54H91NO9S. The number of ether oxygens (including phenoxy) is 1. The van der Waals surface area contributed by atoms with Gasteiger partial charge in [0, 0.05) is 13.0 Å². The van der Waals surface area contributed by atoms with Crippen LogP contribution in [0.15, 0.2) is 35.5 Å². The Morgan fingerprint density at radius 1 is 0.892 bits per heavy atom. The fourth-order valence-corrected chi connectivity index (χ4v) is 16.6. The predicted molar refractivity (Wildman–Crippen MR) is 259 cm³/mol. The molecule has 4 unspecified atom stereocenters. The van der Waals surface area contributed by atoms with E-state index in [0.717, 1.165) is 101 Å². The molecule has 15 atom stereocenters. The Kier molecular flexibility index (Phi) is 17.5. The van der Waals surface area contributed by atoms with Gasteiger partial charge in [-0.15, -0.1) is 0 Å². The Hall–Kier alpha value is -1.60. The van der Waals surface area contributed by atoms with E-state index in [-0.39, 0.29) is 23.2 Å². The third-order valence-corrected chi connectivity index (χ3v) is 20.1. The van der Waals surface area contributed by atoms with Gasteiger partial charge in [0.1, 0.15) is 0 Å². The molecule has 0 amide bonds. The molecule has 0 heterocycles. The van der Waals surface area contributed by atoms with Gasteiger partial charge in [0.25, 0.3) is 0 Å². The standard InChI is InChI=1S/C30H51NO2.C24H40O7S/c1-22-11-14-26(33-20-8-19-31)21-25(22)13-12-24-10-7-18-30(5)27(15-16-28(24)30)23(2)9-6-17-29(3,4)32;1-14(4-9-22(26)27)18-7-8-19-17-6-5-15-12-16(31-32(28,29)30)10-11-23(15,2)20(17)13-21(25)24(18,19)3/h12-13,23,26-28,32H,1,6-11,14-21,31H2,2-5H3;14-21,25H,4-13H2,1-3H3,(H,26,27)(H,28,29,30)/b24-12?,25-13-;/t23-,26+,27-,28?,30-;14-,15-,16-,17?,18-,19?,20?,21+,23+,24-/m11/s1. The van der Waals surface area contributed by atoms with Gasteiger partial charge in [-0.3, -0.25) is 9.35 Å². The van der Waals surface area contributed by atoms with E-state index >= 15 is 0 Å². The summed E-state index contributed by atoms with van der Waals surface area (Å²) in [6, 6.07) is 0. The number of hydrogen-bond acceptors (Lipinski definition) is 8. The molecule has 11 heteroatoms. The Morgan fingerprint density at radius 3 is 2.31 bits per heavy atom. The summed E-state index contributed by atoms with van der Waals surface area (Å²) < 4.78 is 42.5. The van der Waals surface area contributed by atoms with Gasteiger partial charge in [0.2, 0.25) is 0 Å². The molecule has 0 aromatic rings. The Balaban J connectivity index is 0.000000215. The minimum absolute atomic E-state index is 0.0529. The number of carboxylic acid groups (broad SMARTS) is 1. The van der Waals surface area contributed by atoms with E-state index in [1.807, 2.05) is 13.8 Å². The van der Waals surface area contributed by atoms with Crippen molar-refractivity contribution in [3.63, 3.8) is 0 Å². The van der Waals surface area contributed by atoms with Crippen molar-refractivity contribution >= 4 is 16.4 Å². The van der Waals surface area contributed by atoms with Crippen LogP contribution in [-0.4, -0.2) is 71.3 Å². The fourth-order valence-electron chi connectivity index (χ4n) is 16.1. The summed E-state index contributed by atoms with van der Waals surface area (Å²) in [6.45, 7) is 21.5. The molecule has 7 aliphatic rings. The first-order valence-electron chi connectivity index (χ1n) is 26.2. The van der Waals surface area contributed by atoms with Crippen LogP contribution in [0.4, 0.5) is 0 Å². The topological polar surface area (TPSA) is 177 Å². The molecule has 0 radical (unpaired) electrons. The molecule has 372 valence electrons. The van der Waals surface area contributed by atoms with Gasteiger partial charge < -0.3 is 25.8 Å². The molecule has 6 N–H and O–H groups in total. The molecular weight excluding hydrogens is 839 g/mol. The Labute approximate surface area is 394 Å². The van der Waals surface area contributed by atoms with E-state index in [0.29, 0.717) is 66.9 Å². The average Bonchev–Trinajstić information content (AvgIpc) is 3.78. The summed E-state index contributed by atoms with van der Waals surface area (Å²) in [4.78, 5) is 11.1. The minimum Gasteiger partial charge on any atom is -0.481 e. The lowest BCUT2D eigenvalue weighted by Crippen LogP contribution is -2.59. The number of aliphatic hydroxyl groups is 2. The molecule has 10 nitrogen and oxygen atoms in total. The van der Waals surface area contributed by atoms with Gasteiger partial charge in [-0.25, -0.2) is 4.18 Å². The maximum Gasteiger partial charge on any atom is 0.397 e. The zero-order valence-electron chi connectivity index (χ0n) is 41.6. The van der Waals surface area contributed by atoms with Crippen LogP contribution in [0.1, 0.15) is 190 Å². The van der Waals surface area contributed by atoms with E-state index in [1.54, 1.807) is 5.57 Å². The first kappa shape index (κ1) is 52.8. The number of fused-ring (bicyclic) bond motifs is 6. The Bertz CT molecular complexity index is 1810. The van der Waals surface area contributed by atoms with Crippen LogP contribution in [0.5, 0.6) is 0 Å². The average molecular weight is 930 g/mol. The fraction of sp³-hybridized carbons (Fsp3) is 0.870. The molecule has 0 aliphatic heterocycles. The van der Waals surface area contributed by atoms with Gasteiger partial charge >= 0.3 is 16.4 Å². The van der Waals surface area contributed by atoms with Crippen molar-refractivity contribution in [3.8, 4) is 0 Å². The highest BCUT2D eigenvalue weighted by Gasteiger charge is 2.64. The largest absolute Gasteiger partial charge is 0.481 e. The van der Waals surface area contributed by atoms with Crippen LogP contribution in [0.3, 0.4) is 0 Å². The summed E-state index contributed by atoms with van der Waals surface area (Å²) in [7, 11) is -4.43. The number of rotatable bonds is 16. The van der Waals surface area contributed by atoms with Crippen LogP contribution in [0, 0.1) is 69.5 Å². The third-order valence-electron chi connectivity index (χ3n) is 19.6. The summed E-state index contributed by atoms with van der Waals surface area (Å²) in [5.41, 5.74) is 9.80. The molecule has 0 saturated heterocycles. The highest BCUT2D eigenvalue weighted by atomic mass is 32.3. The normalized spacial score (nSPS) is 40.6. The molecule has 0 bridgehead atoms. The van der Waals surface area contributed by atoms with Gasteiger partial charge in [-0.05, 0) is 217 Å². The zero-order chi connectivity index (χ0) is 47.5. The second kappa shape index (κ2) is 21.6. The molecule has 7 fully saturated rings. The van der Waals surface area contributed by atoms with Crippen molar-refractivity contribution in [3.05, 3.63) is 35.5 Å². The van der Waals surface area contributed by atoms with E-state index in [9.17, 15) is 23.4 Å². The lowest BCUT2D eigenvalue weighted by molar-refractivity contribution is -0.174. The van der Waals surface area contributed by atoms with Crippen LogP contribution < -0.4 is 5.73 Å². The SMILES string of the molecule is C=C1CC[C@H](OCCCN)C/C1=C/C=C1CCC[C@@]2(C)C1CC[C@@H]2[C@H](C)CCCC(C)(C)O.C[C@H](CCC(=O)O)[C@H]1CCC2C3CC[C@@H]4C[C@H](OS(=O)(=O)O)CC[C@]4(C)C3C[C@H](O)[C@@]21C. The van der Waals surface area contributed by atoms with E-state index in [1.165, 1.54) is 49.7 Å². The summed E-state index contributed by atoms with van der Waals surface area (Å²) in [5, 5.41) is 30.7. The number of carboxylic acids is 1. The minimum atomic E-state index is -4.43. The van der Waals surface area contributed by atoms with Gasteiger partial charge in [0.15, 0.2) is 0 Å². The molecule has 7 rings (SSSR count). The summed E-state index contributed by atoms with van der Waals surface area (Å²) >= 11 is 0. The highest BCUT2D eigenvalue weighted by molar-refractivity contribution is 7.80. The second-order valence-electron chi connectivity index (χ2n) is 24.0. The number of aliphatic hydroxyl groups excluding tert-OH is 1. The third kappa shape index (κ3) is 12.2. The number of aliphatic carboxylic acids is 1. The van der Waals surface area contributed by atoms with Crippen LogP contribution in [0.2, 0.25) is 0 Å². The first-order chi connectivity index (χ1) is 30.5. The lowest BCUT2D eigenvalue weighted by Gasteiger charge is -2.62. The van der Waals surface area contributed by atoms with E-state index in [2.05, 4.69) is 53.3 Å². The smallest absolute Gasteiger partial charge is 0.397 e. The number of allylic oxidation sites excluding steroid dienone is 4. The lowest BCUT2D eigenvalue weighted by atomic mass is 9.43. The number of hydrogen-bond donors (Lipinski definition) is 5. The summed E-state index contributed by atoms with van der Waals surface area (Å²) in [6.07, 6.45) is 26.4. The number of carbonyl (C=O) groups is 1. The maximum absolute atomic E-state index is 11.5. The van der Waals surface area contributed by atoms with Crippen molar-refractivity contribution in [2.75, 3.05) is 13.2 Å². The van der Waals surface area contributed by atoms with Crippen molar-refractivity contribution in [2.45, 2.75) is 214 Å². The number of nitrogens with two attached hydrogens (primary N) is 1. The van der Waals surface area contributed by atoms with Crippen LogP contribution >= 0.6 is 0 Å². The molecule has 7 aliphatic carbocycles. The highest BCUT2D eigenvalue weighted by Crippen LogP contribution is 2.68. The first-order valence-corrected chi connectivity index (χ1v) is 27.5. The molecule has 65 heavy (non-hydrogen) atoms. The molecule has 0 aromatic heterocycles. The second-order valence-corrected chi connectivity index (χ2v) is 25.0. The van der Waals surface area contributed by atoms with E-state index < -0.39 is 34.2 Å². The maximum atomic E-state index is 11.5. The molecule has 0 spiro atoms.